The number of halogens is 3. The van der Waals surface area contributed by atoms with Crippen molar-refractivity contribution in [3.8, 4) is 16.9 Å². The van der Waals surface area contributed by atoms with Crippen LogP contribution in [0.4, 0.5) is 18.9 Å². The number of carbonyl (C=O) groups is 1. The SMILES string of the molecule is COc1cc(C(=O)Nc2ccc(-c3ccccc3C(F)(F)F)c(COCCCO)c2)ccc1S(N)=O. The van der Waals surface area contributed by atoms with Gasteiger partial charge in [0.15, 0.2) is 0 Å². The zero-order chi connectivity index (χ0) is 26.3. The number of aliphatic hydroxyl groups excluding tert-OH is 1. The molecule has 0 aliphatic rings. The minimum atomic E-state index is -4.56. The summed E-state index contributed by atoms with van der Waals surface area (Å²) in [6.07, 6.45) is -4.19. The lowest BCUT2D eigenvalue weighted by Crippen LogP contribution is -2.14. The number of ether oxygens (including phenoxy) is 2. The van der Waals surface area contributed by atoms with E-state index in [1.807, 2.05) is 0 Å². The summed E-state index contributed by atoms with van der Waals surface area (Å²) in [4.78, 5) is 13.1. The van der Waals surface area contributed by atoms with E-state index in [1.54, 1.807) is 6.07 Å². The minimum absolute atomic E-state index is 0.0151. The van der Waals surface area contributed by atoms with Crippen LogP contribution in [0.1, 0.15) is 27.9 Å². The number of hydrogen-bond acceptors (Lipinski definition) is 5. The molecular weight excluding hydrogens is 497 g/mol. The lowest BCUT2D eigenvalue weighted by molar-refractivity contribution is -0.137. The second kappa shape index (κ2) is 12.1. The summed E-state index contributed by atoms with van der Waals surface area (Å²) >= 11 is 0. The molecule has 0 saturated heterocycles. The van der Waals surface area contributed by atoms with Crippen LogP contribution in [0, 0.1) is 0 Å². The molecule has 0 aromatic heterocycles. The molecule has 1 atom stereocenters. The number of amides is 1. The molecule has 36 heavy (non-hydrogen) atoms. The van der Waals surface area contributed by atoms with Gasteiger partial charge < -0.3 is 19.9 Å². The van der Waals surface area contributed by atoms with Gasteiger partial charge in [-0.05, 0) is 59.5 Å². The first-order valence-corrected chi connectivity index (χ1v) is 12.0. The van der Waals surface area contributed by atoms with Crippen molar-refractivity contribution < 1.29 is 36.8 Å². The lowest BCUT2D eigenvalue weighted by atomic mass is 9.94. The third-order valence-electron chi connectivity index (χ3n) is 5.23. The summed E-state index contributed by atoms with van der Waals surface area (Å²) in [5.74, 6) is -0.334. The lowest BCUT2D eigenvalue weighted by Gasteiger charge is -2.17. The van der Waals surface area contributed by atoms with Crippen molar-refractivity contribution in [3.63, 3.8) is 0 Å². The summed E-state index contributed by atoms with van der Waals surface area (Å²) in [7, 11) is -0.449. The van der Waals surface area contributed by atoms with Gasteiger partial charge in [-0.2, -0.15) is 13.2 Å². The van der Waals surface area contributed by atoms with Gasteiger partial charge in [-0.3, -0.25) is 4.79 Å². The number of hydrogen-bond donors (Lipinski definition) is 3. The Morgan fingerprint density at radius 3 is 2.50 bits per heavy atom. The fourth-order valence-electron chi connectivity index (χ4n) is 3.55. The molecule has 0 spiro atoms. The topological polar surface area (TPSA) is 111 Å². The van der Waals surface area contributed by atoms with Crippen LogP contribution in [-0.2, 0) is 28.5 Å². The third-order valence-corrected chi connectivity index (χ3v) is 6.00. The fourth-order valence-corrected chi connectivity index (χ4v) is 4.09. The molecule has 0 fully saturated rings. The fraction of sp³-hybridized carbons (Fsp3) is 0.240. The molecule has 4 N–H and O–H groups in total. The van der Waals surface area contributed by atoms with Crippen molar-refractivity contribution >= 4 is 22.6 Å². The minimum Gasteiger partial charge on any atom is -0.495 e. The normalized spacial score (nSPS) is 12.3. The van der Waals surface area contributed by atoms with Crippen LogP contribution in [0.25, 0.3) is 11.1 Å². The van der Waals surface area contributed by atoms with Crippen LogP contribution in [0.5, 0.6) is 5.75 Å². The van der Waals surface area contributed by atoms with Gasteiger partial charge in [-0.15, -0.1) is 0 Å². The quantitative estimate of drug-likeness (QED) is 0.339. The number of methoxy groups -OCH3 is 1. The molecule has 11 heteroatoms. The number of carbonyl (C=O) groups excluding carboxylic acids is 1. The maximum absolute atomic E-state index is 13.6. The van der Waals surface area contributed by atoms with Gasteiger partial charge in [0, 0.05) is 24.5 Å². The highest BCUT2D eigenvalue weighted by molar-refractivity contribution is 7.82. The molecule has 0 aliphatic heterocycles. The molecular formula is C25H25F3N2O5S. The zero-order valence-electron chi connectivity index (χ0n) is 19.3. The van der Waals surface area contributed by atoms with E-state index in [0.29, 0.717) is 23.2 Å². The Bertz CT molecular complexity index is 1250. The highest BCUT2D eigenvalue weighted by atomic mass is 32.2. The van der Waals surface area contributed by atoms with E-state index in [9.17, 15) is 22.2 Å². The summed E-state index contributed by atoms with van der Waals surface area (Å²) in [5, 5.41) is 17.1. The predicted molar refractivity (Wildman–Crippen MR) is 130 cm³/mol. The van der Waals surface area contributed by atoms with Crippen LogP contribution >= 0.6 is 0 Å². The summed E-state index contributed by atoms with van der Waals surface area (Å²) in [6, 6.07) is 14.0. The monoisotopic (exact) mass is 522 g/mol. The zero-order valence-corrected chi connectivity index (χ0v) is 20.1. The summed E-state index contributed by atoms with van der Waals surface area (Å²) < 4.78 is 63.2. The molecule has 192 valence electrons. The van der Waals surface area contributed by atoms with Crippen molar-refractivity contribution in [2.45, 2.75) is 24.1 Å². The first kappa shape index (κ1) is 27.3. The standard InChI is InChI=1S/C25H25F3N2O5S/c1-34-22-14-16(7-10-23(22)36(29)33)24(32)30-18-8-9-19(17(13-18)15-35-12-4-11-31)20-5-2-3-6-21(20)25(26,27)28/h2-3,5-10,13-14,31H,4,11-12,15,29H2,1H3,(H,30,32). The number of anilines is 1. The van der Waals surface area contributed by atoms with Gasteiger partial charge in [0.1, 0.15) is 16.7 Å². The maximum atomic E-state index is 13.6. The predicted octanol–water partition coefficient (Wildman–Crippen LogP) is 4.51. The van der Waals surface area contributed by atoms with E-state index in [0.717, 1.165) is 6.07 Å². The molecule has 0 saturated carbocycles. The Morgan fingerprint density at radius 2 is 1.83 bits per heavy atom. The van der Waals surface area contributed by atoms with Crippen LogP contribution in [0.3, 0.4) is 0 Å². The Hall–Kier alpha value is -3.25. The van der Waals surface area contributed by atoms with Crippen LogP contribution in [-0.4, -0.2) is 35.5 Å². The molecule has 3 rings (SSSR count). The molecule has 0 aliphatic carbocycles. The number of alkyl halides is 3. The highest BCUT2D eigenvalue weighted by Gasteiger charge is 2.33. The maximum Gasteiger partial charge on any atom is 0.417 e. The number of benzene rings is 3. The van der Waals surface area contributed by atoms with E-state index in [4.69, 9.17) is 19.7 Å². The van der Waals surface area contributed by atoms with E-state index < -0.39 is 28.6 Å². The van der Waals surface area contributed by atoms with Gasteiger partial charge >= 0.3 is 6.18 Å². The van der Waals surface area contributed by atoms with Crippen molar-refractivity contribution in [2.75, 3.05) is 25.6 Å². The first-order valence-electron chi connectivity index (χ1n) is 10.8. The Labute approximate surface area is 208 Å². The average Bonchev–Trinajstić information content (AvgIpc) is 2.85. The molecule has 0 heterocycles. The van der Waals surface area contributed by atoms with Gasteiger partial charge in [0.05, 0.1) is 24.2 Å². The van der Waals surface area contributed by atoms with Crippen molar-refractivity contribution in [1.82, 2.24) is 0 Å². The Kier molecular flexibility index (Phi) is 9.21. The van der Waals surface area contributed by atoms with E-state index in [-0.39, 0.29) is 41.6 Å². The van der Waals surface area contributed by atoms with Crippen molar-refractivity contribution in [3.05, 3.63) is 77.4 Å². The van der Waals surface area contributed by atoms with E-state index in [2.05, 4.69) is 5.32 Å². The Balaban J connectivity index is 1.95. The second-order valence-corrected chi connectivity index (χ2v) is 8.70. The van der Waals surface area contributed by atoms with E-state index in [1.165, 1.54) is 55.6 Å². The largest absolute Gasteiger partial charge is 0.495 e. The molecule has 1 amide bonds. The van der Waals surface area contributed by atoms with Crippen molar-refractivity contribution in [1.29, 1.82) is 0 Å². The van der Waals surface area contributed by atoms with Crippen molar-refractivity contribution in [2.24, 2.45) is 5.14 Å². The number of rotatable bonds is 10. The van der Waals surface area contributed by atoms with Gasteiger partial charge in [0.2, 0.25) is 0 Å². The number of nitrogens with one attached hydrogen (secondary N) is 1. The van der Waals surface area contributed by atoms with Gasteiger partial charge in [-0.25, -0.2) is 9.35 Å². The first-order chi connectivity index (χ1) is 17.2. The molecule has 3 aromatic carbocycles. The molecule has 0 radical (unpaired) electrons. The summed E-state index contributed by atoms with van der Waals surface area (Å²) in [5.41, 5.74) is 0.463. The van der Waals surface area contributed by atoms with E-state index >= 15 is 0 Å². The molecule has 7 nitrogen and oxygen atoms in total. The smallest absolute Gasteiger partial charge is 0.417 e. The van der Waals surface area contributed by atoms with Gasteiger partial charge in [-0.1, -0.05) is 24.3 Å². The molecule has 3 aromatic rings. The average molecular weight is 523 g/mol. The Morgan fingerprint density at radius 1 is 1.08 bits per heavy atom. The number of nitrogens with two attached hydrogens (primary N) is 1. The van der Waals surface area contributed by atoms with Gasteiger partial charge in [0.25, 0.3) is 5.91 Å². The van der Waals surface area contributed by atoms with Crippen LogP contribution < -0.4 is 15.2 Å². The molecule has 1 unspecified atom stereocenters. The third kappa shape index (κ3) is 6.70. The van der Waals surface area contributed by atoms with Crippen LogP contribution in [0.2, 0.25) is 0 Å². The second-order valence-electron chi connectivity index (χ2n) is 7.66. The molecule has 0 bridgehead atoms. The number of aliphatic hydroxyl groups is 1. The highest BCUT2D eigenvalue weighted by Crippen LogP contribution is 2.39. The summed E-state index contributed by atoms with van der Waals surface area (Å²) in [6.45, 7) is 0.0953. The van der Waals surface area contributed by atoms with Crippen LogP contribution in [0.15, 0.2) is 65.6 Å².